The Kier molecular flexibility index (Phi) is 7.43. The van der Waals surface area contributed by atoms with Crippen molar-refractivity contribution in [1.82, 2.24) is 0 Å². The molecule has 0 saturated heterocycles. The summed E-state index contributed by atoms with van der Waals surface area (Å²) in [5.74, 6) is 0. The number of aryl methyl sites for hydroxylation is 1. The summed E-state index contributed by atoms with van der Waals surface area (Å²) in [6, 6.07) is 12.9. The van der Waals surface area contributed by atoms with Crippen LogP contribution in [0.3, 0.4) is 0 Å². The van der Waals surface area contributed by atoms with E-state index in [1.165, 1.54) is 16.8 Å². The van der Waals surface area contributed by atoms with E-state index in [4.69, 9.17) is 0 Å². The van der Waals surface area contributed by atoms with Crippen LogP contribution in [-0.4, -0.2) is 14.1 Å². The molecule has 1 aromatic heterocycles. The first-order valence-electron chi connectivity index (χ1n) is 7.13. The number of hydrogen-bond acceptors (Lipinski definition) is 1. The van der Waals surface area contributed by atoms with E-state index >= 15 is 0 Å². The minimum Gasteiger partial charge on any atom is -1.00 e. The van der Waals surface area contributed by atoms with Crippen molar-refractivity contribution in [1.29, 1.82) is 0 Å². The van der Waals surface area contributed by atoms with E-state index in [0.717, 1.165) is 13.0 Å². The van der Waals surface area contributed by atoms with Gasteiger partial charge in [-0.3, -0.25) is 0 Å². The zero-order valence-corrected chi connectivity index (χ0v) is 15.1. The standard InChI is InChI=1S/C18H23N2.HI/c1-4-13-20-14-11-17(12-15-20)6-5-16-7-9-18(10-8-16)19(2)3;/h5-12,14-15H,4,13H2,1-3H3;1H/q+1;/p-1. The molecule has 2 nitrogen and oxygen atoms in total. The van der Waals surface area contributed by atoms with Crippen molar-refractivity contribution in [2.45, 2.75) is 19.9 Å². The first kappa shape index (κ1) is 17.7. The maximum absolute atomic E-state index is 2.21. The van der Waals surface area contributed by atoms with Crippen molar-refractivity contribution in [2.75, 3.05) is 19.0 Å². The fourth-order valence-corrected chi connectivity index (χ4v) is 2.06. The van der Waals surface area contributed by atoms with Gasteiger partial charge < -0.3 is 28.9 Å². The number of halogens is 1. The highest BCUT2D eigenvalue weighted by molar-refractivity contribution is 5.70. The van der Waals surface area contributed by atoms with Crippen molar-refractivity contribution in [3.05, 3.63) is 59.9 Å². The minimum absolute atomic E-state index is 0. The van der Waals surface area contributed by atoms with Gasteiger partial charge >= 0.3 is 0 Å². The molecule has 0 unspecified atom stereocenters. The third-order valence-corrected chi connectivity index (χ3v) is 3.28. The normalized spacial score (nSPS) is 10.4. The van der Waals surface area contributed by atoms with Gasteiger partial charge in [-0.15, -0.1) is 0 Å². The Morgan fingerprint density at radius 1 is 0.905 bits per heavy atom. The first-order chi connectivity index (χ1) is 9.69. The zero-order chi connectivity index (χ0) is 14.4. The Hall–Kier alpha value is -1.36. The van der Waals surface area contributed by atoms with Crippen LogP contribution in [0.2, 0.25) is 0 Å². The molecule has 1 heterocycles. The molecule has 2 rings (SSSR count). The molecule has 0 atom stereocenters. The average molecular weight is 394 g/mol. The van der Waals surface area contributed by atoms with E-state index in [0.29, 0.717) is 0 Å². The molecule has 0 fully saturated rings. The predicted molar refractivity (Wildman–Crippen MR) is 86.6 cm³/mol. The van der Waals surface area contributed by atoms with Crippen LogP contribution in [0.25, 0.3) is 12.2 Å². The van der Waals surface area contributed by atoms with Crippen LogP contribution in [0.4, 0.5) is 5.69 Å². The van der Waals surface area contributed by atoms with Crippen molar-refractivity contribution in [2.24, 2.45) is 0 Å². The number of pyridine rings is 1. The van der Waals surface area contributed by atoms with Crippen LogP contribution in [0.15, 0.2) is 48.8 Å². The Labute approximate surface area is 145 Å². The first-order valence-corrected chi connectivity index (χ1v) is 7.13. The minimum atomic E-state index is 0. The third-order valence-electron chi connectivity index (χ3n) is 3.28. The topological polar surface area (TPSA) is 7.12 Å². The lowest BCUT2D eigenvalue weighted by atomic mass is 10.1. The fraction of sp³-hybridized carbons (Fsp3) is 0.278. The van der Waals surface area contributed by atoms with Crippen molar-refractivity contribution < 1.29 is 28.5 Å². The average Bonchev–Trinajstić information content (AvgIpc) is 2.47. The summed E-state index contributed by atoms with van der Waals surface area (Å²) in [6.07, 6.45) is 9.74. The molecule has 0 aliphatic heterocycles. The van der Waals surface area contributed by atoms with Gasteiger partial charge in [0, 0.05) is 38.3 Å². The Bertz CT molecular complexity index is 557. The van der Waals surface area contributed by atoms with Gasteiger partial charge in [0.05, 0.1) is 0 Å². The van der Waals surface area contributed by atoms with Gasteiger partial charge in [0.1, 0.15) is 6.54 Å². The molecule has 0 amide bonds. The van der Waals surface area contributed by atoms with E-state index in [1.807, 2.05) is 0 Å². The maximum Gasteiger partial charge on any atom is 0.169 e. The monoisotopic (exact) mass is 394 g/mol. The predicted octanol–water partition coefficient (Wildman–Crippen LogP) is 0.625. The van der Waals surface area contributed by atoms with Crippen LogP contribution >= 0.6 is 0 Å². The van der Waals surface area contributed by atoms with Gasteiger partial charge in [-0.2, -0.15) is 0 Å². The molecule has 112 valence electrons. The van der Waals surface area contributed by atoms with Gasteiger partial charge in [-0.1, -0.05) is 31.2 Å². The van der Waals surface area contributed by atoms with E-state index in [9.17, 15) is 0 Å². The third kappa shape index (κ3) is 5.50. The lowest BCUT2D eigenvalue weighted by molar-refractivity contribution is -0.697. The second-order valence-corrected chi connectivity index (χ2v) is 5.19. The lowest BCUT2D eigenvalue weighted by Crippen LogP contribution is -3.00. The summed E-state index contributed by atoms with van der Waals surface area (Å²) in [5, 5.41) is 0. The van der Waals surface area contributed by atoms with E-state index in [2.05, 4.69) is 91.4 Å². The molecule has 2 aromatic rings. The van der Waals surface area contributed by atoms with Gasteiger partial charge in [-0.25, -0.2) is 4.57 Å². The maximum atomic E-state index is 2.21. The molecule has 0 aliphatic rings. The van der Waals surface area contributed by atoms with Crippen molar-refractivity contribution in [3.63, 3.8) is 0 Å². The highest BCUT2D eigenvalue weighted by Crippen LogP contribution is 2.14. The second kappa shape index (κ2) is 8.82. The molecule has 0 radical (unpaired) electrons. The summed E-state index contributed by atoms with van der Waals surface area (Å²) in [7, 11) is 4.11. The van der Waals surface area contributed by atoms with E-state index < -0.39 is 0 Å². The van der Waals surface area contributed by atoms with Crippen LogP contribution < -0.4 is 33.4 Å². The fourth-order valence-electron chi connectivity index (χ4n) is 2.06. The molecule has 1 aromatic carbocycles. The molecule has 0 aliphatic carbocycles. The molecule has 0 N–H and O–H groups in total. The number of rotatable bonds is 5. The Morgan fingerprint density at radius 3 is 1.90 bits per heavy atom. The highest BCUT2D eigenvalue weighted by Gasteiger charge is 1.97. The molecular weight excluding hydrogens is 371 g/mol. The summed E-state index contributed by atoms with van der Waals surface area (Å²) in [4.78, 5) is 2.11. The largest absolute Gasteiger partial charge is 1.00 e. The van der Waals surface area contributed by atoms with Gasteiger partial charge in [0.25, 0.3) is 0 Å². The van der Waals surface area contributed by atoms with Crippen LogP contribution in [0, 0.1) is 0 Å². The van der Waals surface area contributed by atoms with Crippen molar-refractivity contribution >= 4 is 17.8 Å². The summed E-state index contributed by atoms with van der Waals surface area (Å²) in [5.41, 5.74) is 3.68. The van der Waals surface area contributed by atoms with Crippen LogP contribution in [-0.2, 0) is 6.54 Å². The number of hydrogen-bond donors (Lipinski definition) is 0. The summed E-state index contributed by atoms with van der Waals surface area (Å²) >= 11 is 0. The second-order valence-electron chi connectivity index (χ2n) is 5.19. The number of nitrogens with zero attached hydrogens (tertiary/aromatic N) is 2. The van der Waals surface area contributed by atoms with Crippen LogP contribution in [0.1, 0.15) is 24.5 Å². The quantitative estimate of drug-likeness (QED) is 0.533. The van der Waals surface area contributed by atoms with Gasteiger partial charge in [0.15, 0.2) is 12.4 Å². The summed E-state index contributed by atoms with van der Waals surface area (Å²) < 4.78 is 2.21. The Morgan fingerprint density at radius 2 is 1.43 bits per heavy atom. The SMILES string of the molecule is CCC[n+]1ccc(/C=C/c2ccc(N(C)C)cc2)cc1.[I-]. The lowest BCUT2D eigenvalue weighted by Gasteiger charge is -2.11. The molecule has 0 bridgehead atoms. The van der Waals surface area contributed by atoms with E-state index in [-0.39, 0.29) is 24.0 Å². The van der Waals surface area contributed by atoms with E-state index in [1.54, 1.807) is 0 Å². The Balaban J connectivity index is 0.00000220. The number of aromatic nitrogens is 1. The van der Waals surface area contributed by atoms with Gasteiger partial charge in [0.2, 0.25) is 0 Å². The molecule has 3 heteroatoms. The molecule has 0 saturated carbocycles. The van der Waals surface area contributed by atoms with Crippen molar-refractivity contribution in [3.8, 4) is 0 Å². The van der Waals surface area contributed by atoms with Crippen LogP contribution in [0.5, 0.6) is 0 Å². The highest BCUT2D eigenvalue weighted by atomic mass is 127. The smallest absolute Gasteiger partial charge is 0.169 e. The molecule has 0 spiro atoms. The zero-order valence-electron chi connectivity index (χ0n) is 13.0. The molecular formula is C18H23IN2. The molecule has 21 heavy (non-hydrogen) atoms. The summed E-state index contributed by atoms with van der Waals surface area (Å²) in [6.45, 7) is 3.27. The number of benzene rings is 1. The van der Waals surface area contributed by atoms with Gasteiger partial charge in [-0.05, 0) is 23.3 Å². The number of anilines is 1.